The van der Waals surface area contributed by atoms with E-state index in [0.29, 0.717) is 6.07 Å². The summed E-state index contributed by atoms with van der Waals surface area (Å²) in [7, 11) is 0. The average molecular weight is 294 g/mol. The van der Waals surface area contributed by atoms with Crippen molar-refractivity contribution in [1.82, 2.24) is 10.3 Å². The van der Waals surface area contributed by atoms with Crippen LogP contribution in [0.5, 0.6) is 0 Å². The van der Waals surface area contributed by atoms with Crippen molar-refractivity contribution in [2.45, 2.75) is 6.10 Å². The van der Waals surface area contributed by atoms with Crippen molar-refractivity contribution in [3.8, 4) is 0 Å². The number of halogens is 2. The maximum absolute atomic E-state index is 13.4. The fraction of sp³-hybridized carbons (Fsp3) is 0.143. The van der Waals surface area contributed by atoms with E-state index in [9.17, 15) is 23.5 Å². The molecule has 2 rings (SSSR count). The summed E-state index contributed by atoms with van der Waals surface area (Å²) in [5.41, 5.74) is -0.264. The average Bonchev–Trinajstić information content (AvgIpc) is 2.45. The summed E-state index contributed by atoms with van der Waals surface area (Å²) in [6, 6.07) is 5.29. The SMILES string of the molecule is O=C(NC[C@H](O)c1ccc(F)cc1F)c1ccc(=O)[nH]c1. The molecule has 1 heterocycles. The van der Waals surface area contributed by atoms with Gasteiger partial charge in [0.05, 0.1) is 11.7 Å². The van der Waals surface area contributed by atoms with Crippen LogP contribution in [0.15, 0.2) is 41.3 Å². The summed E-state index contributed by atoms with van der Waals surface area (Å²) in [6.45, 7) is -0.249. The highest BCUT2D eigenvalue weighted by atomic mass is 19.1. The third-order valence-corrected chi connectivity index (χ3v) is 2.82. The summed E-state index contributed by atoms with van der Waals surface area (Å²) >= 11 is 0. The Morgan fingerprint density at radius 2 is 2.05 bits per heavy atom. The Kier molecular flexibility index (Phi) is 4.44. The number of aliphatic hydroxyl groups excluding tert-OH is 1. The molecule has 0 radical (unpaired) electrons. The van der Waals surface area contributed by atoms with Gasteiger partial charge in [0.15, 0.2) is 0 Å². The Morgan fingerprint density at radius 1 is 1.29 bits per heavy atom. The van der Waals surface area contributed by atoms with Gasteiger partial charge in [0.2, 0.25) is 5.56 Å². The molecule has 0 bridgehead atoms. The van der Waals surface area contributed by atoms with Crippen LogP contribution in [0.3, 0.4) is 0 Å². The highest BCUT2D eigenvalue weighted by molar-refractivity contribution is 5.93. The zero-order valence-corrected chi connectivity index (χ0v) is 10.8. The molecular weight excluding hydrogens is 282 g/mol. The maximum atomic E-state index is 13.4. The summed E-state index contributed by atoms with van der Waals surface area (Å²) in [5.74, 6) is -2.17. The van der Waals surface area contributed by atoms with Crippen LogP contribution in [-0.2, 0) is 0 Å². The van der Waals surface area contributed by atoms with Crippen LogP contribution >= 0.6 is 0 Å². The maximum Gasteiger partial charge on any atom is 0.252 e. The van der Waals surface area contributed by atoms with Crippen LogP contribution in [0.4, 0.5) is 8.78 Å². The first-order valence-electron chi connectivity index (χ1n) is 6.07. The zero-order valence-electron chi connectivity index (χ0n) is 10.8. The molecule has 21 heavy (non-hydrogen) atoms. The number of carbonyl (C=O) groups is 1. The van der Waals surface area contributed by atoms with Crippen LogP contribution in [0.25, 0.3) is 0 Å². The molecule has 110 valence electrons. The van der Waals surface area contributed by atoms with E-state index < -0.39 is 23.6 Å². The molecule has 0 saturated carbocycles. The number of amides is 1. The number of benzene rings is 1. The molecule has 2 aromatic rings. The minimum atomic E-state index is -1.31. The number of aliphatic hydroxyl groups is 1. The summed E-state index contributed by atoms with van der Waals surface area (Å²) in [5, 5.41) is 12.2. The van der Waals surface area contributed by atoms with Gasteiger partial charge in [-0.2, -0.15) is 0 Å². The number of hydrogen-bond acceptors (Lipinski definition) is 3. The van der Waals surface area contributed by atoms with Crippen molar-refractivity contribution < 1.29 is 18.7 Å². The lowest BCUT2D eigenvalue weighted by molar-refractivity contribution is 0.0913. The Morgan fingerprint density at radius 3 is 2.67 bits per heavy atom. The molecule has 0 aliphatic rings. The Balaban J connectivity index is 2.00. The van der Waals surface area contributed by atoms with E-state index in [1.165, 1.54) is 18.3 Å². The number of aromatic nitrogens is 1. The lowest BCUT2D eigenvalue weighted by Crippen LogP contribution is -2.29. The van der Waals surface area contributed by atoms with Crippen LogP contribution < -0.4 is 10.9 Å². The molecule has 0 fully saturated rings. The number of aromatic amines is 1. The molecule has 5 nitrogen and oxygen atoms in total. The fourth-order valence-electron chi connectivity index (χ4n) is 1.72. The topological polar surface area (TPSA) is 82.2 Å². The van der Waals surface area contributed by atoms with Crippen LogP contribution in [0, 0.1) is 11.6 Å². The van der Waals surface area contributed by atoms with Gasteiger partial charge in [-0.3, -0.25) is 9.59 Å². The van der Waals surface area contributed by atoms with Gasteiger partial charge in [-0.25, -0.2) is 8.78 Å². The Bertz CT molecular complexity index is 695. The first-order chi connectivity index (χ1) is 9.97. The zero-order chi connectivity index (χ0) is 15.4. The molecule has 1 aromatic heterocycles. The molecule has 0 saturated heterocycles. The molecule has 7 heteroatoms. The molecule has 1 aromatic carbocycles. The highest BCUT2D eigenvalue weighted by Gasteiger charge is 2.15. The number of pyridine rings is 1. The first kappa shape index (κ1) is 14.9. The van der Waals surface area contributed by atoms with Crippen molar-refractivity contribution in [3.63, 3.8) is 0 Å². The van der Waals surface area contributed by atoms with Gasteiger partial charge in [-0.15, -0.1) is 0 Å². The number of H-pyrrole nitrogens is 1. The van der Waals surface area contributed by atoms with Crippen molar-refractivity contribution in [1.29, 1.82) is 0 Å². The highest BCUT2D eigenvalue weighted by Crippen LogP contribution is 2.17. The molecule has 1 atom stereocenters. The monoisotopic (exact) mass is 294 g/mol. The van der Waals surface area contributed by atoms with Crippen molar-refractivity contribution in [2.24, 2.45) is 0 Å². The summed E-state index contributed by atoms with van der Waals surface area (Å²) in [6.07, 6.45) is -0.0833. The van der Waals surface area contributed by atoms with Gasteiger partial charge in [0.1, 0.15) is 11.6 Å². The molecule has 1 amide bonds. The van der Waals surface area contributed by atoms with E-state index in [1.807, 2.05) is 0 Å². The lowest BCUT2D eigenvalue weighted by Gasteiger charge is -2.13. The van der Waals surface area contributed by atoms with Crippen LogP contribution in [0.1, 0.15) is 22.0 Å². The van der Waals surface area contributed by atoms with E-state index in [1.54, 1.807) is 0 Å². The minimum absolute atomic E-state index is 0.113. The third kappa shape index (κ3) is 3.73. The molecule has 0 aliphatic carbocycles. The molecule has 0 spiro atoms. The van der Waals surface area contributed by atoms with Crippen molar-refractivity contribution in [3.05, 3.63) is 69.6 Å². The lowest BCUT2D eigenvalue weighted by atomic mass is 10.1. The van der Waals surface area contributed by atoms with E-state index in [-0.39, 0.29) is 23.2 Å². The largest absolute Gasteiger partial charge is 0.386 e. The summed E-state index contributed by atoms with van der Waals surface area (Å²) < 4.78 is 26.2. The number of hydrogen-bond donors (Lipinski definition) is 3. The molecule has 0 unspecified atom stereocenters. The normalized spacial score (nSPS) is 12.0. The smallest absolute Gasteiger partial charge is 0.252 e. The first-order valence-corrected chi connectivity index (χ1v) is 6.07. The van der Waals surface area contributed by atoms with Gasteiger partial charge >= 0.3 is 0 Å². The quantitative estimate of drug-likeness (QED) is 0.790. The summed E-state index contributed by atoms with van der Waals surface area (Å²) in [4.78, 5) is 24.9. The van der Waals surface area contributed by atoms with E-state index in [4.69, 9.17) is 0 Å². The Labute approximate surface area is 118 Å². The fourth-order valence-corrected chi connectivity index (χ4v) is 1.72. The van der Waals surface area contributed by atoms with Crippen LogP contribution in [-0.4, -0.2) is 22.5 Å². The van der Waals surface area contributed by atoms with E-state index in [0.717, 1.165) is 12.1 Å². The standard InChI is InChI=1S/C14H12F2N2O3/c15-9-2-3-10(11(16)5-9)12(19)7-18-14(21)8-1-4-13(20)17-6-8/h1-6,12,19H,7H2,(H,17,20)(H,18,21)/t12-/m0/s1. The van der Waals surface area contributed by atoms with E-state index >= 15 is 0 Å². The predicted octanol–water partition coefficient (Wildman–Crippen LogP) is 1.12. The molecule has 3 N–H and O–H groups in total. The van der Waals surface area contributed by atoms with Gasteiger partial charge in [-0.05, 0) is 12.1 Å². The van der Waals surface area contributed by atoms with Gasteiger partial charge in [0.25, 0.3) is 5.91 Å². The van der Waals surface area contributed by atoms with Gasteiger partial charge in [-0.1, -0.05) is 6.07 Å². The number of rotatable bonds is 4. The van der Waals surface area contributed by atoms with Gasteiger partial charge in [0, 0.05) is 30.4 Å². The van der Waals surface area contributed by atoms with Crippen molar-refractivity contribution >= 4 is 5.91 Å². The van der Waals surface area contributed by atoms with Crippen LogP contribution in [0.2, 0.25) is 0 Å². The molecular formula is C14H12F2N2O3. The second-order valence-electron chi connectivity index (χ2n) is 4.33. The second kappa shape index (κ2) is 6.27. The van der Waals surface area contributed by atoms with E-state index in [2.05, 4.69) is 10.3 Å². The molecule has 0 aliphatic heterocycles. The number of nitrogens with one attached hydrogen (secondary N) is 2. The predicted molar refractivity (Wildman–Crippen MR) is 70.7 cm³/mol. The minimum Gasteiger partial charge on any atom is -0.386 e. The van der Waals surface area contributed by atoms with Gasteiger partial charge < -0.3 is 15.4 Å². The second-order valence-corrected chi connectivity index (χ2v) is 4.33. The third-order valence-electron chi connectivity index (χ3n) is 2.82. The van der Waals surface area contributed by atoms with Crippen molar-refractivity contribution in [2.75, 3.05) is 6.54 Å². The number of carbonyl (C=O) groups excluding carboxylic acids is 1. The Hall–Kier alpha value is -2.54.